The van der Waals surface area contributed by atoms with Gasteiger partial charge in [-0.25, -0.2) is 0 Å². The van der Waals surface area contributed by atoms with E-state index in [0.29, 0.717) is 52.8 Å². The van der Waals surface area contributed by atoms with Gasteiger partial charge in [-0.2, -0.15) is 0 Å². The molecular formula is C13H27NO5. The molecule has 0 bridgehead atoms. The zero-order valence-electron chi connectivity index (χ0n) is 12.1. The van der Waals surface area contributed by atoms with Crippen molar-refractivity contribution in [3.8, 4) is 0 Å². The first kappa shape index (κ1) is 18.5. The monoisotopic (exact) mass is 277 g/mol. The summed E-state index contributed by atoms with van der Waals surface area (Å²) in [4.78, 5) is 11.2. The van der Waals surface area contributed by atoms with Gasteiger partial charge in [0.15, 0.2) is 5.78 Å². The Balaban J connectivity index is 3.05. The van der Waals surface area contributed by atoms with Gasteiger partial charge in [0.05, 0.1) is 46.2 Å². The predicted octanol–water partition coefficient (Wildman–Crippen LogP) is 0.237. The SMILES string of the molecule is CC(C)C(=O)COCCOCCOCCOCCN. The van der Waals surface area contributed by atoms with E-state index in [-0.39, 0.29) is 18.3 Å². The normalized spacial score (nSPS) is 11.2. The number of hydrogen-bond donors (Lipinski definition) is 1. The Hall–Kier alpha value is -0.530. The van der Waals surface area contributed by atoms with Crippen LogP contribution in [0.3, 0.4) is 0 Å². The number of carbonyl (C=O) groups excluding carboxylic acids is 1. The van der Waals surface area contributed by atoms with Gasteiger partial charge in [0.1, 0.15) is 6.61 Å². The zero-order chi connectivity index (χ0) is 14.3. The number of ether oxygens (including phenoxy) is 4. The van der Waals surface area contributed by atoms with Crippen molar-refractivity contribution in [2.75, 3.05) is 59.4 Å². The summed E-state index contributed by atoms with van der Waals surface area (Å²) in [6.07, 6.45) is 0. The molecule has 0 aromatic heterocycles. The van der Waals surface area contributed by atoms with E-state index < -0.39 is 0 Å². The molecule has 0 atom stereocenters. The smallest absolute Gasteiger partial charge is 0.160 e. The maximum atomic E-state index is 11.2. The molecule has 0 aliphatic carbocycles. The van der Waals surface area contributed by atoms with Gasteiger partial charge < -0.3 is 24.7 Å². The Morgan fingerprint density at radius 1 is 0.842 bits per heavy atom. The van der Waals surface area contributed by atoms with Gasteiger partial charge in [0, 0.05) is 12.5 Å². The van der Waals surface area contributed by atoms with Gasteiger partial charge in [-0.05, 0) is 0 Å². The van der Waals surface area contributed by atoms with Crippen molar-refractivity contribution in [1.82, 2.24) is 0 Å². The third-order valence-corrected chi connectivity index (χ3v) is 2.27. The van der Waals surface area contributed by atoms with Crippen LogP contribution >= 0.6 is 0 Å². The lowest BCUT2D eigenvalue weighted by molar-refractivity contribution is -0.127. The predicted molar refractivity (Wildman–Crippen MR) is 72.2 cm³/mol. The van der Waals surface area contributed by atoms with Crippen molar-refractivity contribution in [2.24, 2.45) is 11.7 Å². The number of Topliss-reactive ketones (excluding diaryl/α,β-unsaturated/α-hetero) is 1. The lowest BCUT2D eigenvalue weighted by atomic mass is 10.1. The van der Waals surface area contributed by atoms with E-state index in [9.17, 15) is 4.79 Å². The van der Waals surface area contributed by atoms with Gasteiger partial charge in [-0.3, -0.25) is 4.79 Å². The average molecular weight is 277 g/mol. The summed E-state index contributed by atoms with van der Waals surface area (Å²) in [5.41, 5.74) is 5.27. The molecule has 114 valence electrons. The summed E-state index contributed by atoms with van der Waals surface area (Å²) in [7, 11) is 0. The Kier molecular flexibility index (Phi) is 13.5. The second-order valence-corrected chi connectivity index (χ2v) is 4.30. The molecular weight excluding hydrogens is 250 g/mol. The molecule has 0 radical (unpaired) electrons. The first-order chi connectivity index (χ1) is 9.18. The van der Waals surface area contributed by atoms with E-state index in [4.69, 9.17) is 24.7 Å². The van der Waals surface area contributed by atoms with Crippen LogP contribution in [0.15, 0.2) is 0 Å². The average Bonchev–Trinajstić information content (AvgIpc) is 2.39. The van der Waals surface area contributed by atoms with Crippen LogP contribution in [0.5, 0.6) is 0 Å². The van der Waals surface area contributed by atoms with Crippen LogP contribution in [0.4, 0.5) is 0 Å². The maximum Gasteiger partial charge on any atom is 0.160 e. The second kappa shape index (κ2) is 13.9. The third-order valence-electron chi connectivity index (χ3n) is 2.27. The fourth-order valence-corrected chi connectivity index (χ4v) is 1.08. The van der Waals surface area contributed by atoms with Crippen LogP contribution in [0.1, 0.15) is 13.8 Å². The molecule has 6 heteroatoms. The highest BCUT2D eigenvalue weighted by Gasteiger charge is 2.06. The van der Waals surface area contributed by atoms with Crippen LogP contribution in [0.25, 0.3) is 0 Å². The van der Waals surface area contributed by atoms with E-state index >= 15 is 0 Å². The number of hydrogen-bond acceptors (Lipinski definition) is 6. The topological polar surface area (TPSA) is 80.0 Å². The lowest BCUT2D eigenvalue weighted by Gasteiger charge is -2.07. The molecule has 0 unspecified atom stereocenters. The van der Waals surface area contributed by atoms with E-state index in [2.05, 4.69) is 0 Å². The molecule has 19 heavy (non-hydrogen) atoms. The standard InChI is InChI=1S/C13H27NO5/c1-12(2)13(15)11-19-10-9-18-8-7-17-6-5-16-4-3-14/h12H,3-11,14H2,1-2H3. The number of carbonyl (C=O) groups is 1. The molecule has 0 amide bonds. The van der Waals surface area contributed by atoms with Crippen molar-refractivity contribution < 1.29 is 23.7 Å². The number of nitrogens with two attached hydrogens (primary N) is 1. The Labute approximate surface area is 115 Å². The molecule has 0 aliphatic rings. The fourth-order valence-electron chi connectivity index (χ4n) is 1.08. The van der Waals surface area contributed by atoms with Gasteiger partial charge >= 0.3 is 0 Å². The first-order valence-electron chi connectivity index (χ1n) is 6.72. The zero-order valence-corrected chi connectivity index (χ0v) is 12.1. The largest absolute Gasteiger partial charge is 0.378 e. The van der Waals surface area contributed by atoms with Crippen molar-refractivity contribution in [3.05, 3.63) is 0 Å². The van der Waals surface area contributed by atoms with Gasteiger partial charge in [0.25, 0.3) is 0 Å². The summed E-state index contributed by atoms with van der Waals surface area (Å²) in [5, 5.41) is 0. The molecule has 0 spiro atoms. The minimum absolute atomic E-state index is 0.0239. The van der Waals surface area contributed by atoms with Crippen LogP contribution in [-0.4, -0.2) is 65.2 Å². The minimum Gasteiger partial charge on any atom is -0.378 e. The van der Waals surface area contributed by atoms with Gasteiger partial charge in [-0.15, -0.1) is 0 Å². The summed E-state index contributed by atoms with van der Waals surface area (Å²) < 4.78 is 20.9. The second-order valence-electron chi connectivity index (χ2n) is 4.30. The number of ketones is 1. The molecule has 0 aromatic rings. The van der Waals surface area contributed by atoms with Crippen LogP contribution in [-0.2, 0) is 23.7 Å². The van der Waals surface area contributed by atoms with Crippen LogP contribution in [0.2, 0.25) is 0 Å². The summed E-state index contributed by atoms with van der Waals surface area (Å²) in [5.74, 6) is 0.136. The van der Waals surface area contributed by atoms with Crippen molar-refractivity contribution in [3.63, 3.8) is 0 Å². The highest BCUT2D eigenvalue weighted by Crippen LogP contribution is 1.94. The fraction of sp³-hybridized carbons (Fsp3) is 0.923. The van der Waals surface area contributed by atoms with E-state index in [1.807, 2.05) is 13.8 Å². The molecule has 0 saturated heterocycles. The lowest BCUT2D eigenvalue weighted by Crippen LogP contribution is -2.17. The van der Waals surface area contributed by atoms with Crippen LogP contribution < -0.4 is 5.73 Å². The van der Waals surface area contributed by atoms with Crippen molar-refractivity contribution in [1.29, 1.82) is 0 Å². The molecule has 0 aromatic carbocycles. The van der Waals surface area contributed by atoms with Crippen molar-refractivity contribution in [2.45, 2.75) is 13.8 Å². The Morgan fingerprint density at radius 2 is 1.26 bits per heavy atom. The maximum absolute atomic E-state index is 11.2. The highest BCUT2D eigenvalue weighted by atomic mass is 16.6. The third kappa shape index (κ3) is 13.7. The van der Waals surface area contributed by atoms with Gasteiger partial charge in [0.2, 0.25) is 0 Å². The first-order valence-corrected chi connectivity index (χ1v) is 6.72. The molecule has 0 heterocycles. The molecule has 2 N–H and O–H groups in total. The molecule has 6 nitrogen and oxygen atoms in total. The summed E-state index contributed by atoms with van der Waals surface area (Å²) >= 11 is 0. The minimum atomic E-state index is 0.0239. The Bertz CT molecular complexity index is 211. The summed E-state index contributed by atoms with van der Waals surface area (Å²) in [6.45, 7) is 8.00. The quantitative estimate of drug-likeness (QED) is 0.458. The van der Waals surface area contributed by atoms with E-state index in [0.717, 1.165) is 0 Å². The van der Waals surface area contributed by atoms with Crippen LogP contribution in [0, 0.1) is 5.92 Å². The van der Waals surface area contributed by atoms with E-state index in [1.54, 1.807) is 0 Å². The molecule has 0 aliphatic heterocycles. The highest BCUT2D eigenvalue weighted by molar-refractivity contribution is 5.81. The molecule has 0 saturated carbocycles. The van der Waals surface area contributed by atoms with Gasteiger partial charge in [-0.1, -0.05) is 13.8 Å². The van der Waals surface area contributed by atoms with Crippen molar-refractivity contribution >= 4 is 5.78 Å². The van der Waals surface area contributed by atoms with E-state index in [1.165, 1.54) is 0 Å². The molecule has 0 rings (SSSR count). The summed E-state index contributed by atoms with van der Waals surface area (Å²) in [6, 6.07) is 0. The number of rotatable bonds is 14. The Morgan fingerprint density at radius 3 is 1.68 bits per heavy atom. The molecule has 0 fully saturated rings.